The second-order valence-electron chi connectivity index (χ2n) is 4.20. The summed E-state index contributed by atoms with van der Waals surface area (Å²) in [7, 11) is 6.02. The molecule has 0 aromatic rings. The summed E-state index contributed by atoms with van der Waals surface area (Å²) < 4.78 is 0. The Kier molecular flexibility index (Phi) is 4.20. The molecule has 0 bridgehead atoms. The lowest BCUT2D eigenvalue weighted by Crippen LogP contribution is -2.30. The molecule has 0 unspecified atom stereocenters. The Bertz CT molecular complexity index is 194. The largest absolute Gasteiger partial charge is 0.326 e. The Balaban J connectivity index is 2.10. The third kappa shape index (κ3) is 3.18. The number of hydrogen-bond donors (Lipinski definition) is 0. The van der Waals surface area contributed by atoms with Gasteiger partial charge in [-0.05, 0) is 33.5 Å². The maximum atomic E-state index is 11.5. The van der Waals surface area contributed by atoms with Gasteiger partial charge in [-0.25, -0.2) is 4.79 Å². The van der Waals surface area contributed by atoms with Gasteiger partial charge in [-0.2, -0.15) is 0 Å². The van der Waals surface area contributed by atoms with Crippen LogP contribution in [0.2, 0.25) is 0 Å². The topological polar surface area (TPSA) is 26.8 Å². The van der Waals surface area contributed by atoms with Crippen LogP contribution >= 0.6 is 0 Å². The van der Waals surface area contributed by atoms with Gasteiger partial charge in [0.15, 0.2) is 0 Å². The molecule has 1 rings (SSSR count). The second-order valence-corrected chi connectivity index (χ2v) is 4.20. The Morgan fingerprint density at radius 3 is 2.50 bits per heavy atom. The maximum absolute atomic E-state index is 11.5. The minimum absolute atomic E-state index is 0.190. The van der Waals surface area contributed by atoms with E-state index in [4.69, 9.17) is 0 Å². The number of carbonyl (C=O) groups excluding carboxylic acids is 1. The van der Waals surface area contributed by atoms with Crippen molar-refractivity contribution in [2.75, 3.05) is 47.3 Å². The molecule has 4 heteroatoms. The molecule has 1 aliphatic heterocycles. The molecule has 0 aromatic carbocycles. The van der Waals surface area contributed by atoms with E-state index < -0.39 is 0 Å². The lowest BCUT2D eigenvalue weighted by Gasteiger charge is -2.16. The van der Waals surface area contributed by atoms with E-state index in [1.807, 2.05) is 11.9 Å². The van der Waals surface area contributed by atoms with Gasteiger partial charge in [-0.3, -0.25) is 0 Å². The molecule has 0 N–H and O–H groups in total. The molecule has 82 valence electrons. The van der Waals surface area contributed by atoms with Gasteiger partial charge >= 0.3 is 6.03 Å². The minimum Gasteiger partial charge on any atom is -0.326 e. The van der Waals surface area contributed by atoms with E-state index in [1.165, 1.54) is 6.42 Å². The van der Waals surface area contributed by atoms with Gasteiger partial charge in [0.1, 0.15) is 0 Å². The Morgan fingerprint density at radius 2 is 2.00 bits per heavy atom. The highest BCUT2D eigenvalue weighted by atomic mass is 16.2. The standard InChI is InChI=1S/C10H21N3O/c1-11(2)6-4-5-7-13-9-8-12(3)10(13)14/h4-9H2,1-3H3. The van der Waals surface area contributed by atoms with Crippen molar-refractivity contribution in [1.82, 2.24) is 14.7 Å². The van der Waals surface area contributed by atoms with E-state index in [-0.39, 0.29) is 6.03 Å². The monoisotopic (exact) mass is 199 g/mol. The zero-order valence-electron chi connectivity index (χ0n) is 9.49. The summed E-state index contributed by atoms with van der Waals surface area (Å²) in [5.74, 6) is 0. The average Bonchev–Trinajstić information content (AvgIpc) is 2.43. The molecule has 0 spiro atoms. The smallest absolute Gasteiger partial charge is 0.319 e. The number of amides is 2. The molecule has 14 heavy (non-hydrogen) atoms. The van der Waals surface area contributed by atoms with E-state index in [0.717, 1.165) is 32.6 Å². The molecule has 1 fully saturated rings. The number of urea groups is 1. The van der Waals surface area contributed by atoms with Crippen molar-refractivity contribution < 1.29 is 4.79 Å². The van der Waals surface area contributed by atoms with Crippen LogP contribution in [0.1, 0.15) is 12.8 Å². The van der Waals surface area contributed by atoms with Gasteiger partial charge < -0.3 is 14.7 Å². The summed E-state index contributed by atoms with van der Waals surface area (Å²) in [6.07, 6.45) is 2.28. The van der Waals surface area contributed by atoms with Crippen LogP contribution in [0.15, 0.2) is 0 Å². The van der Waals surface area contributed by atoms with E-state index in [0.29, 0.717) is 0 Å². The quantitative estimate of drug-likeness (QED) is 0.609. The first-order chi connectivity index (χ1) is 6.61. The molecule has 0 atom stereocenters. The summed E-state index contributed by atoms with van der Waals surface area (Å²) in [6.45, 7) is 3.80. The molecule has 2 amide bonds. The number of unbranched alkanes of at least 4 members (excludes halogenated alkanes) is 1. The zero-order chi connectivity index (χ0) is 10.6. The highest BCUT2D eigenvalue weighted by Crippen LogP contribution is 2.07. The molecule has 0 aliphatic carbocycles. The lowest BCUT2D eigenvalue weighted by molar-refractivity contribution is 0.197. The lowest BCUT2D eigenvalue weighted by atomic mass is 10.3. The predicted molar refractivity (Wildman–Crippen MR) is 57.4 cm³/mol. The predicted octanol–water partition coefficient (Wildman–Crippen LogP) is 0.696. The van der Waals surface area contributed by atoms with Gasteiger partial charge in [0.2, 0.25) is 0 Å². The summed E-state index contributed by atoms with van der Waals surface area (Å²) in [4.78, 5) is 17.4. The number of rotatable bonds is 5. The van der Waals surface area contributed by atoms with Crippen LogP contribution in [-0.4, -0.2) is 68.1 Å². The molecule has 0 aromatic heterocycles. The van der Waals surface area contributed by atoms with Gasteiger partial charge in [-0.1, -0.05) is 0 Å². The number of nitrogens with zero attached hydrogens (tertiary/aromatic N) is 3. The fourth-order valence-corrected chi connectivity index (χ4v) is 1.64. The third-order valence-corrected chi connectivity index (χ3v) is 2.59. The summed E-state index contributed by atoms with van der Waals surface area (Å²) in [5.41, 5.74) is 0. The summed E-state index contributed by atoms with van der Waals surface area (Å²) >= 11 is 0. The molecule has 0 saturated carbocycles. The van der Waals surface area contributed by atoms with Crippen LogP contribution in [0.25, 0.3) is 0 Å². The minimum atomic E-state index is 0.190. The van der Waals surface area contributed by atoms with Crippen molar-refractivity contribution in [3.05, 3.63) is 0 Å². The normalized spacial score (nSPS) is 17.3. The first kappa shape index (κ1) is 11.3. The fraction of sp³-hybridized carbons (Fsp3) is 0.900. The Hall–Kier alpha value is -0.770. The first-order valence-electron chi connectivity index (χ1n) is 5.26. The summed E-state index contributed by atoms with van der Waals surface area (Å²) in [6, 6.07) is 0.190. The number of likely N-dealkylation sites (N-methyl/N-ethyl adjacent to an activating group) is 1. The van der Waals surface area contributed by atoms with Crippen LogP contribution in [0.3, 0.4) is 0 Å². The van der Waals surface area contributed by atoms with E-state index in [1.54, 1.807) is 4.90 Å². The summed E-state index contributed by atoms with van der Waals surface area (Å²) in [5, 5.41) is 0. The van der Waals surface area contributed by atoms with E-state index in [2.05, 4.69) is 19.0 Å². The molecule has 1 saturated heterocycles. The highest BCUT2D eigenvalue weighted by Gasteiger charge is 2.23. The van der Waals surface area contributed by atoms with Crippen molar-refractivity contribution in [2.45, 2.75) is 12.8 Å². The number of carbonyl (C=O) groups is 1. The van der Waals surface area contributed by atoms with Crippen LogP contribution in [0.5, 0.6) is 0 Å². The average molecular weight is 199 g/mol. The molecular weight excluding hydrogens is 178 g/mol. The fourth-order valence-electron chi connectivity index (χ4n) is 1.64. The van der Waals surface area contributed by atoms with Crippen molar-refractivity contribution >= 4 is 6.03 Å². The molecule has 0 radical (unpaired) electrons. The van der Waals surface area contributed by atoms with E-state index in [9.17, 15) is 4.79 Å². The molecular formula is C10H21N3O. The second kappa shape index (κ2) is 5.20. The van der Waals surface area contributed by atoms with Crippen LogP contribution in [-0.2, 0) is 0 Å². The molecule has 1 aliphatic rings. The van der Waals surface area contributed by atoms with Gasteiger partial charge in [0, 0.05) is 26.7 Å². The van der Waals surface area contributed by atoms with Crippen LogP contribution in [0, 0.1) is 0 Å². The van der Waals surface area contributed by atoms with Crippen LogP contribution in [0.4, 0.5) is 4.79 Å². The maximum Gasteiger partial charge on any atom is 0.319 e. The number of hydrogen-bond acceptors (Lipinski definition) is 2. The van der Waals surface area contributed by atoms with Crippen LogP contribution < -0.4 is 0 Å². The first-order valence-corrected chi connectivity index (χ1v) is 5.26. The van der Waals surface area contributed by atoms with Crippen molar-refractivity contribution in [1.29, 1.82) is 0 Å². The van der Waals surface area contributed by atoms with Gasteiger partial charge in [-0.15, -0.1) is 0 Å². The highest BCUT2D eigenvalue weighted by molar-refractivity contribution is 5.76. The SMILES string of the molecule is CN(C)CCCCN1CCN(C)C1=O. The van der Waals surface area contributed by atoms with Gasteiger partial charge in [0.25, 0.3) is 0 Å². The van der Waals surface area contributed by atoms with Crippen molar-refractivity contribution in [3.63, 3.8) is 0 Å². The van der Waals surface area contributed by atoms with Crippen molar-refractivity contribution in [3.8, 4) is 0 Å². The van der Waals surface area contributed by atoms with Crippen molar-refractivity contribution in [2.24, 2.45) is 0 Å². The zero-order valence-corrected chi connectivity index (χ0v) is 9.49. The van der Waals surface area contributed by atoms with E-state index >= 15 is 0 Å². The third-order valence-electron chi connectivity index (χ3n) is 2.59. The van der Waals surface area contributed by atoms with Gasteiger partial charge in [0.05, 0.1) is 0 Å². The Morgan fingerprint density at radius 1 is 1.29 bits per heavy atom. The molecule has 1 heterocycles. The Labute approximate surface area is 86.5 Å². The molecule has 4 nitrogen and oxygen atoms in total.